The van der Waals surface area contributed by atoms with Crippen LogP contribution in [0.3, 0.4) is 0 Å². The van der Waals surface area contributed by atoms with Gasteiger partial charge in [-0.2, -0.15) is 0 Å². The van der Waals surface area contributed by atoms with Gasteiger partial charge in [0, 0.05) is 28.4 Å². The summed E-state index contributed by atoms with van der Waals surface area (Å²) in [6, 6.07) is 1.97. The minimum atomic E-state index is -3.49. The zero-order chi connectivity index (χ0) is 15.0. The molecule has 1 aromatic rings. The van der Waals surface area contributed by atoms with Crippen molar-refractivity contribution in [3.8, 4) is 0 Å². The average molecular weight is 330 g/mol. The normalized spacial score (nSPS) is 27.0. The number of aliphatic hydroxyl groups excluding tert-OH is 1. The molecular weight excluding hydrogens is 308 g/mol. The van der Waals surface area contributed by atoms with Crippen LogP contribution < -0.4 is 4.72 Å². The molecule has 1 aromatic heterocycles. The molecule has 0 aliphatic carbocycles. The topological polar surface area (TPSA) is 69.6 Å². The maximum atomic E-state index is 12.6. The van der Waals surface area contributed by atoms with Gasteiger partial charge < -0.3 is 5.11 Å². The maximum absolute atomic E-state index is 12.6. The van der Waals surface area contributed by atoms with Crippen LogP contribution in [0.15, 0.2) is 11.0 Å². The third kappa shape index (κ3) is 3.03. The quantitative estimate of drug-likeness (QED) is 0.877. The van der Waals surface area contributed by atoms with Crippen LogP contribution in [0.1, 0.15) is 35.4 Å². The summed E-state index contributed by atoms with van der Waals surface area (Å²) in [6.07, 6.45) is 4.38. The monoisotopic (exact) mass is 330 g/mol. The van der Waals surface area contributed by atoms with Gasteiger partial charge in [0.1, 0.15) is 0 Å². The third-order valence-corrected chi connectivity index (χ3v) is 7.31. The van der Waals surface area contributed by atoms with Crippen molar-refractivity contribution in [3.63, 3.8) is 0 Å². The summed E-state index contributed by atoms with van der Waals surface area (Å²) in [4.78, 5) is 4.17. The lowest BCUT2D eigenvalue weighted by Gasteiger charge is -2.32. The molecule has 7 heteroatoms. The zero-order valence-corrected chi connectivity index (χ0v) is 13.8. The largest absolute Gasteiger partial charge is 0.391 e. The Hall–Kier alpha value is -0.470. The van der Waals surface area contributed by atoms with Gasteiger partial charge in [-0.1, -0.05) is 6.42 Å². The fourth-order valence-corrected chi connectivity index (χ4v) is 6.32. The average Bonchev–Trinajstić information content (AvgIpc) is 3.03. The first-order valence-corrected chi connectivity index (χ1v) is 9.78. The molecular formula is C14H22N2O3S2. The van der Waals surface area contributed by atoms with Gasteiger partial charge >= 0.3 is 0 Å². The minimum absolute atomic E-state index is 0.0205. The van der Waals surface area contributed by atoms with Gasteiger partial charge in [-0.15, -0.1) is 11.3 Å². The molecule has 0 bridgehead atoms. The van der Waals surface area contributed by atoms with Gasteiger partial charge in [0.25, 0.3) is 0 Å². The second-order valence-corrected chi connectivity index (χ2v) is 8.93. The summed E-state index contributed by atoms with van der Waals surface area (Å²) in [6.45, 7) is 3.76. The fraction of sp³-hybridized carbons (Fsp3) is 0.714. The fourth-order valence-electron chi connectivity index (χ4n) is 3.52. The van der Waals surface area contributed by atoms with Gasteiger partial charge in [-0.3, -0.25) is 4.90 Å². The SMILES string of the molecule is Cc1sc(CO)cc1S(=O)(=O)NC1CCN2CCCCC12. The van der Waals surface area contributed by atoms with Crippen LogP contribution in [0.4, 0.5) is 0 Å². The van der Waals surface area contributed by atoms with Crippen molar-refractivity contribution in [1.29, 1.82) is 0 Å². The van der Waals surface area contributed by atoms with Gasteiger partial charge in [-0.25, -0.2) is 13.1 Å². The Morgan fingerprint density at radius 3 is 2.90 bits per heavy atom. The molecule has 0 radical (unpaired) electrons. The Morgan fingerprint density at radius 1 is 1.38 bits per heavy atom. The van der Waals surface area contributed by atoms with E-state index in [0.29, 0.717) is 15.8 Å². The summed E-state index contributed by atoms with van der Waals surface area (Å²) in [5.41, 5.74) is 0. The third-order valence-electron chi connectivity index (χ3n) is 4.53. The lowest BCUT2D eigenvalue weighted by atomic mass is 10.00. The van der Waals surface area contributed by atoms with Crippen molar-refractivity contribution < 1.29 is 13.5 Å². The van der Waals surface area contributed by atoms with Crippen LogP contribution in [0.25, 0.3) is 0 Å². The number of rotatable bonds is 4. The Kier molecular flexibility index (Phi) is 4.38. The Morgan fingerprint density at radius 2 is 2.19 bits per heavy atom. The molecule has 2 unspecified atom stereocenters. The van der Waals surface area contributed by atoms with Crippen molar-refractivity contribution in [1.82, 2.24) is 9.62 Å². The highest BCUT2D eigenvalue weighted by molar-refractivity contribution is 7.89. The number of hydrogen-bond donors (Lipinski definition) is 2. The van der Waals surface area contributed by atoms with E-state index in [1.807, 2.05) is 0 Å². The number of hydrogen-bond acceptors (Lipinski definition) is 5. The lowest BCUT2D eigenvalue weighted by molar-refractivity contribution is 0.186. The molecule has 2 atom stereocenters. The van der Waals surface area contributed by atoms with E-state index in [0.717, 1.165) is 30.8 Å². The van der Waals surface area contributed by atoms with E-state index in [9.17, 15) is 8.42 Å². The number of thiophene rings is 1. The molecule has 0 saturated carbocycles. The summed E-state index contributed by atoms with van der Waals surface area (Å²) >= 11 is 1.34. The first kappa shape index (κ1) is 15.4. The number of sulfonamides is 1. The van der Waals surface area contributed by atoms with E-state index in [-0.39, 0.29) is 12.6 Å². The molecule has 2 fully saturated rings. The first-order valence-electron chi connectivity index (χ1n) is 7.48. The van der Waals surface area contributed by atoms with E-state index >= 15 is 0 Å². The van der Waals surface area contributed by atoms with Crippen LogP contribution in [-0.2, 0) is 16.6 Å². The number of nitrogens with one attached hydrogen (secondary N) is 1. The standard InChI is InChI=1S/C14H22N2O3S2/c1-10-14(8-11(9-17)20-10)21(18,19)15-12-5-7-16-6-3-2-4-13(12)16/h8,12-13,15,17H,2-7,9H2,1H3. The van der Waals surface area contributed by atoms with Gasteiger partial charge in [-0.05, 0) is 38.8 Å². The number of aryl methyl sites for hydroxylation is 1. The van der Waals surface area contributed by atoms with Crippen LogP contribution in [0, 0.1) is 6.92 Å². The van der Waals surface area contributed by atoms with Crippen molar-refractivity contribution in [2.45, 2.75) is 56.2 Å². The van der Waals surface area contributed by atoms with E-state index in [2.05, 4.69) is 9.62 Å². The van der Waals surface area contributed by atoms with Gasteiger partial charge in [0.15, 0.2) is 0 Å². The van der Waals surface area contributed by atoms with E-state index in [4.69, 9.17) is 5.11 Å². The minimum Gasteiger partial charge on any atom is -0.391 e. The molecule has 2 saturated heterocycles. The number of nitrogens with zero attached hydrogens (tertiary/aromatic N) is 1. The van der Waals surface area contributed by atoms with Crippen molar-refractivity contribution in [3.05, 3.63) is 15.8 Å². The van der Waals surface area contributed by atoms with Crippen molar-refractivity contribution >= 4 is 21.4 Å². The predicted molar refractivity (Wildman–Crippen MR) is 82.9 cm³/mol. The molecule has 2 aliphatic heterocycles. The molecule has 3 rings (SSSR count). The molecule has 21 heavy (non-hydrogen) atoms. The second kappa shape index (κ2) is 5.96. The molecule has 5 nitrogen and oxygen atoms in total. The number of fused-ring (bicyclic) bond motifs is 1. The summed E-state index contributed by atoms with van der Waals surface area (Å²) in [5, 5.41) is 9.17. The number of aliphatic hydroxyl groups is 1. The van der Waals surface area contributed by atoms with Crippen LogP contribution >= 0.6 is 11.3 Å². The van der Waals surface area contributed by atoms with E-state index < -0.39 is 10.0 Å². The Labute approximate surface area is 130 Å². The molecule has 0 spiro atoms. The molecule has 0 aromatic carbocycles. The van der Waals surface area contributed by atoms with Crippen LogP contribution in [-0.4, -0.2) is 43.6 Å². The van der Waals surface area contributed by atoms with Gasteiger partial charge in [0.05, 0.1) is 11.5 Å². The van der Waals surface area contributed by atoms with Crippen LogP contribution in [0.5, 0.6) is 0 Å². The molecule has 2 aliphatic rings. The summed E-state index contributed by atoms with van der Waals surface area (Å²) < 4.78 is 28.1. The number of piperidine rings is 1. The summed E-state index contributed by atoms with van der Waals surface area (Å²) in [5.74, 6) is 0. The van der Waals surface area contributed by atoms with E-state index in [1.54, 1.807) is 13.0 Å². The smallest absolute Gasteiger partial charge is 0.241 e. The first-order chi connectivity index (χ1) is 10.0. The Balaban J connectivity index is 1.78. The van der Waals surface area contributed by atoms with Gasteiger partial charge in [0.2, 0.25) is 10.0 Å². The maximum Gasteiger partial charge on any atom is 0.241 e. The zero-order valence-electron chi connectivity index (χ0n) is 12.2. The summed E-state index contributed by atoms with van der Waals surface area (Å²) in [7, 11) is -3.49. The lowest BCUT2D eigenvalue weighted by Crippen LogP contribution is -2.46. The second-order valence-electron chi connectivity index (χ2n) is 5.91. The molecule has 2 N–H and O–H groups in total. The Bertz CT molecular complexity index is 612. The van der Waals surface area contributed by atoms with Crippen molar-refractivity contribution in [2.75, 3.05) is 13.1 Å². The van der Waals surface area contributed by atoms with E-state index in [1.165, 1.54) is 24.2 Å². The van der Waals surface area contributed by atoms with Crippen molar-refractivity contribution in [2.24, 2.45) is 0 Å². The highest BCUT2D eigenvalue weighted by Crippen LogP contribution is 2.30. The molecule has 3 heterocycles. The highest BCUT2D eigenvalue weighted by atomic mass is 32.2. The molecule has 118 valence electrons. The van der Waals surface area contributed by atoms with Crippen LogP contribution in [0.2, 0.25) is 0 Å². The predicted octanol–water partition coefficient (Wildman–Crippen LogP) is 1.45. The highest BCUT2D eigenvalue weighted by Gasteiger charge is 2.38. The molecule has 0 amide bonds.